The number of amides is 2. The number of rotatable bonds is 9. The van der Waals surface area contributed by atoms with E-state index in [-0.39, 0.29) is 30.2 Å². The van der Waals surface area contributed by atoms with Gasteiger partial charge in [0.15, 0.2) is 24.2 Å². The molecule has 0 aromatic heterocycles. The molecule has 1 heterocycles. The van der Waals surface area contributed by atoms with Crippen LogP contribution in [0.2, 0.25) is 0 Å². The maximum Gasteiger partial charge on any atom is 0.338 e. The predicted molar refractivity (Wildman–Crippen MR) is 135 cm³/mol. The van der Waals surface area contributed by atoms with Crippen LogP contribution in [-0.4, -0.2) is 61.7 Å². The number of hydrogen-bond acceptors (Lipinski definition) is 7. The van der Waals surface area contributed by atoms with E-state index in [1.54, 1.807) is 30.3 Å². The molecule has 0 radical (unpaired) electrons. The van der Waals surface area contributed by atoms with Crippen LogP contribution >= 0.6 is 0 Å². The van der Waals surface area contributed by atoms with E-state index in [2.05, 4.69) is 19.2 Å². The topological polar surface area (TPSA) is 103 Å². The van der Waals surface area contributed by atoms with Gasteiger partial charge in [0.05, 0.1) is 19.8 Å². The van der Waals surface area contributed by atoms with Crippen LogP contribution in [0.25, 0.3) is 0 Å². The molecule has 3 rings (SSSR count). The third-order valence-corrected chi connectivity index (χ3v) is 6.24. The van der Waals surface area contributed by atoms with Crippen molar-refractivity contribution in [1.29, 1.82) is 0 Å². The number of carbonyl (C=O) groups is 3. The molecule has 0 bridgehead atoms. The third kappa shape index (κ3) is 6.68. The van der Waals surface area contributed by atoms with Crippen LogP contribution in [0.3, 0.4) is 0 Å². The summed E-state index contributed by atoms with van der Waals surface area (Å²) in [4.78, 5) is 39.5. The second-order valence-electron chi connectivity index (χ2n) is 8.85. The molecule has 1 aliphatic heterocycles. The summed E-state index contributed by atoms with van der Waals surface area (Å²) in [6.07, 6.45) is 2.09. The van der Waals surface area contributed by atoms with E-state index in [0.717, 1.165) is 19.3 Å². The number of carbonyl (C=O) groups excluding carboxylic acids is 3. The van der Waals surface area contributed by atoms with E-state index in [4.69, 9.17) is 18.9 Å². The van der Waals surface area contributed by atoms with E-state index in [1.807, 2.05) is 4.90 Å². The van der Waals surface area contributed by atoms with Crippen LogP contribution in [0, 0.1) is 0 Å². The Morgan fingerprint density at radius 1 is 0.972 bits per heavy atom. The Hall–Kier alpha value is -3.75. The van der Waals surface area contributed by atoms with E-state index < -0.39 is 18.0 Å². The quantitative estimate of drug-likeness (QED) is 0.520. The third-order valence-electron chi connectivity index (χ3n) is 6.24. The second-order valence-corrected chi connectivity index (χ2v) is 8.85. The minimum atomic E-state index is -1.03. The Bertz CT molecular complexity index is 1060. The van der Waals surface area contributed by atoms with Crippen molar-refractivity contribution < 1.29 is 33.3 Å². The molecule has 1 fully saturated rings. The van der Waals surface area contributed by atoms with Crippen LogP contribution < -0.4 is 19.5 Å². The van der Waals surface area contributed by atoms with Crippen LogP contribution in [0.5, 0.6) is 17.2 Å². The van der Waals surface area contributed by atoms with Crippen molar-refractivity contribution in [2.75, 3.05) is 26.1 Å². The lowest BCUT2D eigenvalue weighted by Crippen LogP contribution is -2.49. The molecule has 194 valence electrons. The maximum atomic E-state index is 12.6. The monoisotopic (exact) mass is 498 g/mol. The first-order valence-corrected chi connectivity index (χ1v) is 12.0. The molecule has 36 heavy (non-hydrogen) atoms. The summed E-state index contributed by atoms with van der Waals surface area (Å²) >= 11 is 0. The number of ether oxygens (including phenoxy) is 4. The van der Waals surface area contributed by atoms with Crippen molar-refractivity contribution in [2.45, 2.75) is 58.2 Å². The van der Waals surface area contributed by atoms with Crippen LogP contribution in [-0.2, 0) is 14.3 Å². The van der Waals surface area contributed by atoms with Gasteiger partial charge in [-0.1, -0.05) is 0 Å². The zero-order chi connectivity index (χ0) is 26.2. The summed E-state index contributed by atoms with van der Waals surface area (Å²) < 4.78 is 21.4. The van der Waals surface area contributed by atoms with E-state index >= 15 is 0 Å². The number of nitrogens with one attached hydrogen (secondary N) is 1. The van der Waals surface area contributed by atoms with Gasteiger partial charge in [0, 0.05) is 23.8 Å². The molecule has 0 spiro atoms. The molecule has 2 aromatic carbocycles. The zero-order valence-corrected chi connectivity index (χ0v) is 21.4. The number of likely N-dealkylation sites (tertiary alicyclic amines) is 1. The lowest BCUT2D eigenvalue weighted by Gasteiger charge is -2.38. The molecule has 9 heteroatoms. The number of hydrogen-bond donors (Lipinski definition) is 1. The van der Waals surface area contributed by atoms with Crippen molar-refractivity contribution in [2.24, 2.45) is 0 Å². The summed E-state index contributed by atoms with van der Waals surface area (Å²) in [7, 11) is 3.02. The van der Waals surface area contributed by atoms with Gasteiger partial charge in [0.1, 0.15) is 5.75 Å². The first-order valence-electron chi connectivity index (χ1n) is 12.0. The van der Waals surface area contributed by atoms with Crippen LogP contribution in [0.1, 0.15) is 50.4 Å². The molecule has 0 aliphatic carbocycles. The number of anilines is 1. The smallest absolute Gasteiger partial charge is 0.338 e. The number of piperidine rings is 1. The van der Waals surface area contributed by atoms with Gasteiger partial charge in [-0.15, -0.1) is 0 Å². The molecule has 1 N–H and O–H groups in total. The van der Waals surface area contributed by atoms with Crippen LogP contribution in [0.15, 0.2) is 42.5 Å². The Morgan fingerprint density at radius 2 is 1.61 bits per heavy atom. The molecule has 3 unspecified atom stereocenters. The molecule has 2 amide bonds. The second kappa shape index (κ2) is 12.3. The average molecular weight is 499 g/mol. The Balaban J connectivity index is 1.51. The highest BCUT2D eigenvalue weighted by Crippen LogP contribution is 2.30. The largest absolute Gasteiger partial charge is 0.493 e. The Morgan fingerprint density at radius 3 is 2.22 bits per heavy atom. The molecule has 9 nitrogen and oxygen atoms in total. The van der Waals surface area contributed by atoms with E-state index in [1.165, 1.54) is 33.3 Å². The number of benzene rings is 2. The summed E-state index contributed by atoms with van der Waals surface area (Å²) in [6.45, 7) is 5.54. The molecule has 3 atom stereocenters. The van der Waals surface area contributed by atoms with Crippen molar-refractivity contribution in [1.82, 2.24) is 4.90 Å². The fourth-order valence-electron chi connectivity index (χ4n) is 4.26. The van der Waals surface area contributed by atoms with Crippen molar-refractivity contribution >= 4 is 23.5 Å². The van der Waals surface area contributed by atoms with Gasteiger partial charge in [0.25, 0.3) is 11.8 Å². The van der Waals surface area contributed by atoms with E-state index in [0.29, 0.717) is 22.9 Å². The Labute approximate surface area is 211 Å². The highest BCUT2D eigenvalue weighted by Gasteiger charge is 2.29. The number of methoxy groups -OCH3 is 2. The minimum absolute atomic E-state index is 0.0486. The highest BCUT2D eigenvalue weighted by molar-refractivity contribution is 5.97. The van der Waals surface area contributed by atoms with E-state index in [9.17, 15) is 14.4 Å². The predicted octanol–water partition coefficient (Wildman–Crippen LogP) is 4.06. The fraction of sp³-hybridized carbons (Fsp3) is 0.444. The summed E-state index contributed by atoms with van der Waals surface area (Å²) in [6, 6.07) is 11.6. The molecular weight excluding hydrogens is 464 g/mol. The molecule has 1 aliphatic rings. The van der Waals surface area contributed by atoms with Gasteiger partial charge in [-0.3, -0.25) is 9.59 Å². The van der Waals surface area contributed by atoms with Gasteiger partial charge in [-0.05, 0) is 76.4 Å². The first-order chi connectivity index (χ1) is 17.2. The summed E-state index contributed by atoms with van der Waals surface area (Å²) in [5.74, 6) is 0.272. The average Bonchev–Trinajstić information content (AvgIpc) is 2.87. The van der Waals surface area contributed by atoms with Gasteiger partial charge in [-0.25, -0.2) is 4.79 Å². The SMILES string of the molecule is COc1ccc(NC(=O)C(C)OC(=O)c2ccc(OCC(=O)N3C(C)CCCC3C)cc2)cc1OC. The molecular formula is C27H34N2O7. The summed E-state index contributed by atoms with van der Waals surface area (Å²) in [5, 5.41) is 2.69. The van der Waals surface area contributed by atoms with Crippen molar-refractivity contribution in [3.8, 4) is 17.2 Å². The standard InChI is InChI=1S/C27H34N2O7/c1-17-7-6-8-18(2)29(17)25(30)16-35-22-12-9-20(10-13-22)27(32)36-19(3)26(31)28-21-11-14-23(33-4)24(15-21)34-5/h9-15,17-19H,6-8,16H2,1-5H3,(H,28,31). The summed E-state index contributed by atoms with van der Waals surface area (Å²) in [5.41, 5.74) is 0.739. The maximum absolute atomic E-state index is 12.6. The molecule has 1 saturated heterocycles. The van der Waals surface area contributed by atoms with Gasteiger partial charge in [0.2, 0.25) is 0 Å². The molecule has 2 aromatic rings. The normalized spacial score (nSPS) is 18.1. The van der Waals surface area contributed by atoms with Crippen molar-refractivity contribution in [3.05, 3.63) is 48.0 Å². The van der Waals surface area contributed by atoms with Crippen molar-refractivity contribution in [3.63, 3.8) is 0 Å². The van der Waals surface area contributed by atoms with Crippen LogP contribution in [0.4, 0.5) is 5.69 Å². The lowest BCUT2D eigenvalue weighted by atomic mass is 9.97. The first kappa shape index (κ1) is 26.8. The number of nitrogens with zero attached hydrogens (tertiary/aromatic N) is 1. The lowest BCUT2D eigenvalue weighted by molar-refractivity contribution is -0.139. The Kier molecular flexibility index (Phi) is 9.16. The van der Waals surface area contributed by atoms with Gasteiger partial charge < -0.3 is 29.2 Å². The molecule has 0 saturated carbocycles. The highest BCUT2D eigenvalue weighted by atomic mass is 16.5. The van der Waals surface area contributed by atoms with Gasteiger partial charge >= 0.3 is 5.97 Å². The number of esters is 1. The fourth-order valence-corrected chi connectivity index (χ4v) is 4.26. The van der Waals surface area contributed by atoms with Gasteiger partial charge in [-0.2, -0.15) is 0 Å². The zero-order valence-electron chi connectivity index (χ0n) is 21.4. The minimum Gasteiger partial charge on any atom is -0.493 e.